The summed E-state index contributed by atoms with van der Waals surface area (Å²) in [6, 6.07) is 13.4. The van der Waals surface area contributed by atoms with Gasteiger partial charge in [-0.1, -0.05) is 6.07 Å². The molecule has 4 rings (SSSR count). The van der Waals surface area contributed by atoms with Crippen LogP contribution < -0.4 is 10.9 Å². The van der Waals surface area contributed by atoms with Gasteiger partial charge in [0, 0.05) is 18.2 Å². The summed E-state index contributed by atoms with van der Waals surface area (Å²) in [6.07, 6.45) is 2.98. The molecule has 1 amide bonds. The Labute approximate surface area is 158 Å². The van der Waals surface area contributed by atoms with Crippen molar-refractivity contribution in [3.8, 4) is 17.1 Å². The zero-order valence-electron chi connectivity index (χ0n) is 14.6. The number of aromatic nitrogens is 6. The Morgan fingerprint density at radius 2 is 2.07 bits per heavy atom. The highest BCUT2D eigenvalue weighted by molar-refractivity contribution is 5.94. The Bertz CT molecular complexity index is 1130. The SMILES string of the molecule is O=C(NCCn1nc(-c2ccco2)ccc1=O)c1cccc(-n2cnnn2)c1. The number of nitrogens with zero attached hydrogens (tertiary/aromatic N) is 6. The van der Waals surface area contributed by atoms with E-state index in [0.717, 1.165) is 0 Å². The van der Waals surface area contributed by atoms with Crippen molar-refractivity contribution in [2.75, 3.05) is 6.54 Å². The second kappa shape index (κ2) is 7.66. The van der Waals surface area contributed by atoms with Crippen LogP contribution in [0.1, 0.15) is 10.4 Å². The van der Waals surface area contributed by atoms with E-state index in [1.165, 1.54) is 28.0 Å². The summed E-state index contributed by atoms with van der Waals surface area (Å²) in [4.78, 5) is 24.4. The predicted molar refractivity (Wildman–Crippen MR) is 97.7 cm³/mol. The molecule has 1 aromatic carbocycles. The Morgan fingerprint density at radius 1 is 1.14 bits per heavy atom. The number of benzene rings is 1. The van der Waals surface area contributed by atoms with E-state index in [-0.39, 0.29) is 24.6 Å². The third-order valence-electron chi connectivity index (χ3n) is 3.97. The van der Waals surface area contributed by atoms with Crippen LogP contribution >= 0.6 is 0 Å². The molecule has 3 aromatic heterocycles. The van der Waals surface area contributed by atoms with Crippen LogP contribution in [-0.4, -0.2) is 42.4 Å². The molecule has 0 atom stereocenters. The average Bonchev–Trinajstić information content (AvgIpc) is 3.44. The average molecular weight is 377 g/mol. The molecular formula is C18H15N7O3. The Morgan fingerprint density at radius 3 is 2.86 bits per heavy atom. The van der Waals surface area contributed by atoms with Gasteiger partial charge >= 0.3 is 0 Å². The lowest BCUT2D eigenvalue weighted by molar-refractivity contribution is 0.0951. The molecule has 0 radical (unpaired) electrons. The number of nitrogens with one attached hydrogen (secondary N) is 1. The van der Waals surface area contributed by atoms with Crippen molar-refractivity contribution in [1.29, 1.82) is 0 Å². The molecule has 0 aliphatic carbocycles. The Hall–Kier alpha value is -4.08. The minimum Gasteiger partial charge on any atom is -0.463 e. The number of rotatable bonds is 6. The molecule has 140 valence electrons. The monoisotopic (exact) mass is 377 g/mol. The normalized spacial score (nSPS) is 10.7. The lowest BCUT2D eigenvalue weighted by Crippen LogP contribution is -2.32. The standard InChI is InChI=1S/C18H15N7O3/c26-17-7-6-15(16-5-2-10-28-16)21-24(17)9-8-19-18(27)13-3-1-4-14(11-13)25-12-20-22-23-25/h1-7,10-12H,8-9H2,(H,19,27). The smallest absolute Gasteiger partial charge is 0.266 e. The molecular weight excluding hydrogens is 362 g/mol. The number of carbonyl (C=O) groups excluding carboxylic acids is 1. The lowest BCUT2D eigenvalue weighted by atomic mass is 10.2. The molecule has 0 aliphatic heterocycles. The second-order valence-electron chi connectivity index (χ2n) is 5.82. The quantitative estimate of drug-likeness (QED) is 0.530. The van der Waals surface area contributed by atoms with Crippen molar-refractivity contribution < 1.29 is 9.21 Å². The molecule has 28 heavy (non-hydrogen) atoms. The maximum atomic E-state index is 12.4. The van der Waals surface area contributed by atoms with Crippen molar-refractivity contribution in [2.24, 2.45) is 0 Å². The fourth-order valence-electron chi connectivity index (χ4n) is 2.61. The molecule has 0 fully saturated rings. The molecule has 1 N–H and O–H groups in total. The summed E-state index contributed by atoms with van der Waals surface area (Å²) in [6.45, 7) is 0.467. The van der Waals surface area contributed by atoms with E-state index in [0.29, 0.717) is 22.7 Å². The number of tetrazole rings is 1. The highest BCUT2D eigenvalue weighted by Gasteiger charge is 2.09. The van der Waals surface area contributed by atoms with Gasteiger partial charge in [0.25, 0.3) is 11.5 Å². The molecule has 10 nitrogen and oxygen atoms in total. The first-order valence-electron chi connectivity index (χ1n) is 8.44. The minimum atomic E-state index is -0.273. The van der Waals surface area contributed by atoms with Crippen molar-refractivity contribution in [3.63, 3.8) is 0 Å². The molecule has 3 heterocycles. The maximum absolute atomic E-state index is 12.4. The molecule has 0 aliphatic rings. The first-order valence-corrected chi connectivity index (χ1v) is 8.44. The van der Waals surface area contributed by atoms with Crippen molar-refractivity contribution in [2.45, 2.75) is 6.54 Å². The van der Waals surface area contributed by atoms with Gasteiger partial charge in [0.15, 0.2) is 5.76 Å². The van der Waals surface area contributed by atoms with Crippen molar-refractivity contribution >= 4 is 5.91 Å². The zero-order valence-corrected chi connectivity index (χ0v) is 14.6. The minimum absolute atomic E-state index is 0.228. The van der Waals surface area contributed by atoms with Crippen molar-refractivity contribution in [1.82, 2.24) is 35.3 Å². The number of hydrogen-bond acceptors (Lipinski definition) is 7. The maximum Gasteiger partial charge on any atom is 0.266 e. The molecule has 0 saturated heterocycles. The molecule has 0 bridgehead atoms. The summed E-state index contributed by atoms with van der Waals surface area (Å²) in [5.74, 6) is 0.294. The molecule has 0 unspecified atom stereocenters. The van der Waals surface area contributed by atoms with Crippen LogP contribution in [0.5, 0.6) is 0 Å². The van der Waals surface area contributed by atoms with Crippen LogP contribution in [-0.2, 0) is 6.54 Å². The fourth-order valence-corrected chi connectivity index (χ4v) is 2.61. The van der Waals surface area contributed by atoms with Crippen LogP contribution in [0.3, 0.4) is 0 Å². The third kappa shape index (κ3) is 3.70. The van der Waals surface area contributed by atoms with E-state index in [1.807, 2.05) is 0 Å². The summed E-state index contributed by atoms with van der Waals surface area (Å²) >= 11 is 0. The predicted octanol–water partition coefficient (Wildman–Crippen LogP) is 0.909. The molecule has 10 heteroatoms. The highest BCUT2D eigenvalue weighted by Crippen LogP contribution is 2.15. The van der Waals surface area contributed by atoms with Gasteiger partial charge in [-0.2, -0.15) is 5.10 Å². The van der Waals surface area contributed by atoms with E-state index >= 15 is 0 Å². The molecule has 4 aromatic rings. The van der Waals surface area contributed by atoms with Gasteiger partial charge in [0.05, 0.1) is 18.5 Å². The Balaban J connectivity index is 1.42. The van der Waals surface area contributed by atoms with Crippen LogP contribution in [0.2, 0.25) is 0 Å². The summed E-state index contributed by atoms with van der Waals surface area (Å²) in [5.41, 5.74) is 1.41. The number of furan rings is 1. The Kier molecular flexibility index (Phi) is 4.74. The zero-order chi connectivity index (χ0) is 19.3. The van der Waals surface area contributed by atoms with Gasteiger partial charge in [-0.05, 0) is 46.8 Å². The molecule has 0 saturated carbocycles. The van der Waals surface area contributed by atoms with Crippen molar-refractivity contribution in [3.05, 3.63) is 77.0 Å². The van der Waals surface area contributed by atoms with Gasteiger partial charge in [-0.25, -0.2) is 9.36 Å². The first kappa shape index (κ1) is 17.3. The number of carbonyl (C=O) groups is 1. The van der Waals surface area contributed by atoms with Crippen LogP contribution in [0, 0.1) is 0 Å². The fraction of sp³-hybridized carbons (Fsp3) is 0.111. The lowest BCUT2D eigenvalue weighted by Gasteiger charge is -2.08. The van der Waals surface area contributed by atoms with Crippen LogP contribution in [0.4, 0.5) is 0 Å². The van der Waals surface area contributed by atoms with Crippen LogP contribution in [0.25, 0.3) is 17.1 Å². The van der Waals surface area contributed by atoms with Gasteiger partial charge in [-0.15, -0.1) is 5.10 Å². The van der Waals surface area contributed by atoms with Gasteiger partial charge in [0.1, 0.15) is 12.0 Å². The van der Waals surface area contributed by atoms with E-state index in [9.17, 15) is 9.59 Å². The van der Waals surface area contributed by atoms with Gasteiger partial charge in [0.2, 0.25) is 0 Å². The van der Waals surface area contributed by atoms with E-state index in [2.05, 4.69) is 25.9 Å². The largest absolute Gasteiger partial charge is 0.463 e. The first-order chi connectivity index (χ1) is 13.7. The van der Waals surface area contributed by atoms with E-state index in [4.69, 9.17) is 4.42 Å². The summed E-state index contributed by atoms with van der Waals surface area (Å²) < 4.78 is 8.04. The number of amides is 1. The second-order valence-corrected chi connectivity index (χ2v) is 5.82. The number of hydrogen-bond donors (Lipinski definition) is 1. The summed E-state index contributed by atoms with van der Waals surface area (Å²) in [5, 5.41) is 18.0. The highest BCUT2D eigenvalue weighted by atomic mass is 16.3. The van der Waals surface area contributed by atoms with E-state index in [1.54, 1.807) is 42.5 Å². The van der Waals surface area contributed by atoms with Gasteiger partial charge in [-0.3, -0.25) is 9.59 Å². The van der Waals surface area contributed by atoms with Crippen LogP contribution in [0.15, 0.2) is 70.3 Å². The van der Waals surface area contributed by atoms with E-state index < -0.39 is 0 Å². The van der Waals surface area contributed by atoms with Gasteiger partial charge < -0.3 is 9.73 Å². The topological polar surface area (TPSA) is 121 Å². The third-order valence-corrected chi connectivity index (χ3v) is 3.97. The summed E-state index contributed by atoms with van der Waals surface area (Å²) in [7, 11) is 0. The molecule has 0 spiro atoms.